The minimum Gasteiger partial charge on any atom is -0.495 e. The molecule has 76 valence electrons. The second-order valence-electron chi connectivity index (χ2n) is 2.47. The quantitative estimate of drug-likeness (QED) is 0.750. The number of thiophene rings is 1. The molecule has 1 aromatic heterocycles. The van der Waals surface area contributed by atoms with E-state index in [1.165, 1.54) is 18.4 Å². The largest absolute Gasteiger partial charge is 0.495 e. The number of nitrogens with one attached hydrogen (secondary N) is 1. The summed E-state index contributed by atoms with van der Waals surface area (Å²) in [6.07, 6.45) is 0. The van der Waals surface area contributed by atoms with Crippen LogP contribution in [0.4, 0.5) is 0 Å². The topological polar surface area (TPSA) is 64.3 Å². The van der Waals surface area contributed by atoms with Gasteiger partial charge in [0.05, 0.1) is 18.6 Å². The van der Waals surface area contributed by atoms with Crippen LogP contribution in [0.2, 0.25) is 0 Å². The number of ether oxygens (including phenoxy) is 1. The van der Waals surface area contributed by atoms with Crippen LogP contribution in [0.15, 0.2) is 11.4 Å². The predicted molar refractivity (Wildman–Crippen MR) is 60.0 cm³/mol. The fraction of sp³-hybridized carbons (Fsp3) is 0.250. The van der Waals surface area contributed by atoms with Gasteiger partial charge in [-0.15, -0.1) is 11.3 Å². The van der Waals surface area contributed by atoms with E-state index in [0.717, 1.165) is 0 Å². The minimum atomic E-state index is -0.218. The number of methoxy groups -OCH3 is 1. The second kappa shape index (κ2) is 4.92. The number of carbonyl (C=O) groups is 1. The molecule has 0 aromatic carbocycles. The van der Waals surface area contributed by atoms with Crippen molar-refractivity contribution in [2.75, 3.05) is 13.7 Å². The highest BCUT2D eigenvalue weighted by molar-refractivity contribution is 7.80. The summed E-state index contributed by atoms with van der Waals surface area (Å²) >= 11 is 5.95. The van der Waals surface area contributed by atoms with Crippen molar-refractivity contribution < 1.29 is 9.53 Å². The lowest BCUT2D eigenvalue weighted by Crippen LogP contribution is -2.31. The number of nitrogens with two attached hydrogens (primary N) is 1. The molecule has 6 heteroatoms. The molecule has 3 N–H and O–H groups in total. The predicted octanol–water partition coefficient (Wildman–Crippen LogP) is 0.773. The number of amides is 1. The van der Waals surface area contributed by atoms with Crippen molar-refractivity contribution in [1.82, 2.24) is 5.32 Å². The molecule has 0 saturated heterocycles. The van der Waals surface area contributed by atoms with Gasteiger partial charge in [0, 0.05) is 0 Å². The van der Waals surface area contributed by atoms with E-state index < -0.39 is 0 Å². The molecule has 0 saturated carbocycles. The molecule has 0 aliphatic rings. The monoisotopic (exact) mass is 230 g/mol. The molecule has 0 aliphatic carbocycles. The van der Waals surface area contributed by atoms with E-state index >= 15 is 0 Å². The van der Waals surface area contributed by atoms with Crippen LogP contribution in [0, 0.1) is 0 Å². The summed E-state index contributed by atoms with van der Waals surface area (Å²) in [6, 6.07) is 1.74. The van der Waals surface area contributed by atoms with Crippen LogP contribution in [0.25, 0.3) is 0 Å². The van der Waals surface area contributed by atoms with E-state index in [1.807, 2.05) is 0 Å². The number of carbonyl (C=O) groups excluding carboxylic acids is 1. The average Bonchev–Trinajstić information content (AvgIpc) is 2.61. The Morgan fingerprint density at radius 3 is 3.07 bits per heavy atom. The van der Waals surface area contributed by atoms with E-state index in [-0.39, 0.29) is 17.4 Å². The second-order valence-corrected chi connectivity index (χ2v) is 3.91. The minimum absolute atomic E-state index is 0.204. The van der Waals surface area contributed by atoms with Crippen molar-refractivity contribution in [3.8, 4) is 5.75 Å². The third-order valence-electron chi connectivity index (χ3n) is 1.48. The van der Waals surface area contributed by atoms with Crippen LogP contribution in [0.3, 0.4) is 0 Å². The average molecular weight is 230 g/mol. The lowest BCUT2D eigenvalue weighted by atomic mass is 10.4. The van der Waals surface area contributed by atoms with Crippen molar-refractivity contribution in [1.29, 1.82) is 0 Å². The Bertz CT molecular complexity index is 349. The van der Waals surface area contributed by atoms with Crippen molar-refractivity contribution in [2.45, 2.75) is 0 Å². The highest BCUT2D eigenvalue weighted by Gasteiger charge is 2.12. The lowest BCUT2D eigenvalue weighted by molar-refractivity contribution is 0.0961. The number of thiocarbonyl (C=S) groups is 1. The normalized spacial score (nSPS) is 9.50. The molecule has 0 spiro atoms. The molecule has 14 heavy (non-hydrogen) atoms. The number of hydrogen-bond donors (Lipinski definition) is 2. The van der Waals surface area contributed by atoms with Crippen LogP contribution in [-0.2, 0) is 0 Å². The van der Waals surface area contributed by atoms with Gasteiger partial charge in [-0.25, -0.2) is 0 Å². The van der Waals surface area contributed by atoms with E-state index in [4.69, 9.17) is 10.5 Å². The first kappa shape index (κ1) is 10.9. The molecule has 4 nitrogen and oxygen atoms in total. The van der Waals surface area contributed by atoms with Crippen LogP contribution >= 0.6 is 23.6 Å². The highest BCUT2D eigenvalue weighted by Crippen LogP contribution is 2.23. The van der Waals surface area contributed by atoms with Crippen LogP contribution in [0.1, 0.15) is 9.67 Å². The summed E-state index contributed by atoms with van der Waals surface area (Å²) in [5.74, 6) is 0.347. The molecule has 1 amide bonds. The van der Waals surface area contributed by atoms with Crippen molar-refractivity contribution in [2.24, 2.45) is 5.73 Å². The van der Waals surface area contributed by atoms with Crippen LogP contribution in [-0.4, -0.2) is 24.6 Å². The first-order chi connectivity index (χ1) is 6.65. The molecule has 1 rings (SSSR count). The molecule has 0 bridgehead atoms. The Balaban J connectivity index is 2.64. The van der Waals surface area contributed by atoms with E-state index in [2.05, 4.69) is 17.5 Å². The Kier molecular flexibility index (Phi) is 3.84. The van der Waals surface area contributed by atoms with Gasteiger partial charge < -0.3 is 15.8 Å². The zero-order valence-electron chi connectivity index (χ0n) is 7.57. The maximum Gasteiger partial charge on any atom is 0.265 e. The summed E-state index contributed by atoms with van der Waals surface area (Å²) in [7, 11) is 1.52. The van der Waals surface area contributed by atoms with Crippen LogP contribution < -0.4 is 15.8 Å². The lowest BCUT2D eigenvalue weighted by Gasteiger charge is -2.03. The fourth-order valence-electron chi connectivity index (χ4n) is 0.871. The van der Waals surface area contributed by atoms with Gasteiger partial charge in [0.15, 0.2) is 0 Å². The van der Waals surface area contributed by atoms with Gasteiger partial charge in [0.25, 0.3) is 5.91 Å². The number of rotatable bonds is 4. The molecule has 1 aromatic rings. The Morgan fingerprint density at radius 1 is 1.79 bits per heavy atom. The standard InChI is InChI=1S/C8H10N2O2S2/c1-12-5-2-3-14-7(5)8(11)10-4-6(9)13/h2-3H,4H2,1H3,(H2,9,13)(H,10,11). The van der Waals surface area contributed by atoms with Crippen molar-refractivity contribution in [3.63, 3.8) is 0 Å². The third kappa shape index (κ3) is 2.68. The SMILES string of the molecule is COc1ccsc1C(=O)NCC(N)=S. The molecular formula is C8H10N2O2S2. The molecule has 1 heterocycles. The highest BCUT2D eigenvalue weighted by atomic mass is 32.1. The molecule has 0 radical (unpaired) electrons. The van der Waals surface area contributed by atoms with Gasteiger partial charge in [0.2, 0.25) is 0 Å². The molecule has 0 atom stereocenters. The molecular weight excluding hydrogens is 220 g/mol. The van der Waals surface area contributed by atoms with Gasteiger partial charge in [-0.05, 0) is 11.4 Å². The van der Waals surface area contributed by atoms with E-state index in [0.29, 0.717) is 10.6 Å². The Labute approximate surface area is 91.1 Å². The van der Waals surface area contributed by atoms with Gasteiger partial charge in [-0.1, -0.05) is 12.2 Å². The van der Waals surface area contributed by atoms with Crippen molar-refractivity contribution >= 4 is 34.5 Å². The van der Waals surface area contributed by atoms with Gasteiger partial charge in [0.1, 0.15) is 10.6 Å². The zero-order valence-corrected chi connectivity index (χ0v) is 9.21. The summed E-state index contributed by atoms with van der Waals surface area (Å²) in [4.78, 5) is 12.3. The van der Waals surface area contributed by atoms with Gasteiger partial charge >= 0.3 is 0 Å². The maximum absolute atomic E-state index is 11.5. The smallest absolute Gasteiger partial charge is 0.265 e. The molecule has 0 aliphatic heterocycles. The first-order valence-electron chi connectivity index (χ1n) is 3.83. The van der Waals surface area contributed by atoms with Crippen molar-refractivity contribution in [3.05, 3.63) is 16.3 Å². The Morgan fingerprint density at radius 2 is 2.50 bits per heavy atom. The summed E-state index contributed by atoms with van der Waals surface area (Å²) < 4.78 is 5.00. The van der Waals surface area contributed by atoms with E-state index in [1.54, 1.807) is 11.4 Å². The third-order valence-corrected chi connectivity index (χ3v) is 2.52. The maximum atomic E-state index is 11.5. The van der Waals surface area contributed by atoms with Gasteiger partial charge in [-0.2, -0.15) is 0 Å². The molecule has 0 unspecified atom stereocenters. The van der Waals surface area contributed by atoms with Gasteiger partial charge in [-0.3, -0.25) is 4.79 Å². The van der Waals surface area contributed by atoms with E-state index in [9.17, 15) is 4.79 Å². The number of hydrogen-bond acceptors (Lipinski definition) is 4. The summed E-state index contributed by atoms with van der Waals surface area (Å²) in [5.41, 5.74) is 5.25. The zero-order chi connectivity index (χ0) is 10.6. The fourth-order valence-corrected chi connectivity index (χ4v) is 1.72. The van der Waals surface area contributed by atoms with Crippen LogP contribution in [0.5, 0.6) is 5.75 Å². The summed E-state index contributed by atoms with van der Waals surface area (Å²) in [5, 5.41) is 4.37. The summed E-state index contributed by atoms with van der Waals surface area (Å²) in [6.45, 7) is 0.204. The molecule has 0 fully saturated rings. The first-order valence-corrected chi connectivity index (χ1v) is 5.12. The Hall–Kier alpha value is -1.14.